The van der Waals surface area contributed by atoms with Gasteiger partial charge >= 0.3 is 0 Å². The Morgan fingerprint density at radius 3 is 1.91 bits per heavy atom. The van der Waals surface area contributed by atoms with Crippen LogP contribution in [0.5, 0.6) is 5.75 Å². The highest BCUT2D eigenvalue weighted by molar-refractivity contribution is 7.86. The van der Waals surface area contributed by atoms with Gasteiger partial charge in [0.1, 0.15) is 16.3 Å². The average molecular weight is 452 g/mol. The lowest BCUT2D eigenvalue weighted by atomic mass is 10.1. The second kappa shape index (κ2) is 10.2. The van der Waals surface area contributed by atoms with Crippen LogP contribution in [0, 0.1) is 0 Å². The van der Waals surface area contributed by atoms with Crippen LogP contribution in [0.25, 0.3) is 10.8 Å². The molecule has 0 unspecified atom stereocenters. The molecule has 2 aromatic carbocycles. The van der Waals surface area contributed by atoms with E-state index in [1.165, 1.54) is 42.5 Å². The molecular weight excluding hydrogens is 430 g/mol. The molecule has 0 aliphatic carbocycles. The summed E-state index contributed by atoms with van der Waals surface area (Å²) in [5.41, 5.74) is 6.37. The number of phenolic OH excluding ortho intramolecular Hbond substituents is 1. The van der Waals surface area contributed by atoms with Crippen LogP contribution in [0.15, 0.2) is 118 Å². The number of phenols is 1. The smallest absolute Gasteiger partial charge is 0.296 e. The van der Waals surface area contributed by atoms with E-state index in [2.05, 4.69) is 46.8 Å². The molecule has 0 spiro atoms. The van der Waals surface area contributed by atoms with Gasteiger partial charge in [-0.15, -0.1) is 10.2 Å². The normalized spacial score (nSPS) is 13.0. The average Bonchev–Trinajstić information content (AvgIpc) is 2.75. The van der Waals surface area contributed by atoms with E-state index >= 15 is 0 Å². The zero-order valence-corrected chi connectivity index (χ0v) is 17.8. The summed E-state index contributed by atoms with van der Waals surface area (Å²) in [5, 5.41) is 26.8. The molecule has 9 nitrogen and oxygen atoms in total. The topological polar surface area (TPSA) is 150 Å². The van der Waals surface area contributed by atoms with Crippen molar-refractivity contribution >= 4 is 38.0 Å². The zero-order valence-electron chi connectivity index (χ0n) is 17.0. The fraction of sp³-hybridized carbons (Fsp3) is 0. The van der Waals surface area contributed by atoms with Crippen LogP contribution in [0.1, 0.15) is 0 Å². The van der Waals surface area contributed by atoms with Crippen LogP contribution in [-0.4, -0.2) is 18.1 Å². The van der Waals surface area contributed by atoms with Gasteiger partial charge in [-0.05, 0) is 42.5 Å². The van der Waals surface area contributed by atoms with E-state index in [1.54, 1.807) is 6.08 Å². The van der Waals surface area contributed by atoms with Crippen molar-refractivity contribution in [2.45, 2.75) is 4.90 Å². The van der Waals surface area contributed by atoms with Crippen LogP contribution in [0.2, 0.25) is 0 Å². The van der Waals surface area contributed by atoms with Gasteiger partial charge in [0.15, 0.2) is 5.75 Å². The van der Waals surface area contributed by atoms with Gasteiger partial charge in [0.25, 0.3) is 10.1 Å². The van der Waals surface area contributed by atoms with Crippen LogP contribution in [0.3, 0.4) is 0 Å². The van der Waals surface area contributed by atoms with E-state index in [-0.39, 0.29) is 27.8 Å². The summed E-state index contributed by atoms with van der Waals surface area (Å²) in [6.07, 6.45) is 8.71. The second-order valence-electron chi connectivity index (χ2n) is 6.11. The first kappa shape index (κ1) is 24.1. The molecular formula is C22H21N5O4S. The largest absolute Gasteiger partial charge is 0.505 e. The number of nitrogens with zero attached hydrogens (tertiary/aromatic N) is 4. The van der Waals surface area contributed by atoms with E-state index in [9.17, 15) is 18.1 Å². The zero-order chi connectivity index (χ0) is 23.9. The van der Waals surface area contributed by atoms with E-state index in [1.807, 2.05) is 0 Å². The molecule has 0 heterocycles. The molecule has 4 N–H and O–H groups in total. The second-order valence-corrected chi connectivity index (χ2v) is 7.50. The maximum atomic E-state index is 12.1. The van der Waals surface area contributed by atoms with Crippen molar-refractivity contribution in [1.82, 2.24) is 0 Å². The fourth-order valence-electron chi connectivity index (χ4n) is 2.57. The summed E-state index contributed by atoms with van der Waals surface area (Å²) in [7, 11) is -4.82. The first-order valence-electron chi connectivity index (χ1n) is 8.97. The molecule has 2 aromatic rings. The van der Waals surface area contributed by atoms with E-state index in [0.29, 0.717) is 5.70 Å². The van der Waals surface area contributed by atoms with E-state index in [0.717, 1.165) is 6.07 Å². The number of hydrogen-bond acceptors (Lipinski definition) is 8. The summed E-state index contributed by atoms with van der Waals surface area (Å²) < 4.78 is 33.9. The summed E-state index contributed by atoms with van der Waals surface area (Å²) in [6.45, 7) is 14.3. The molecule has 0 amide bonds. The molecule has 10 heteroatoms. The van der Waals surface area contributed by atoms with Gasteiger partial charge in [-0.1, -0.05) is 38.5 Å². The minimum absolute atomic E-state index is 0.0707. The first-order chi connectivity index (χ1) is 15.2. The summed E-state index contributed by atoms with van der Waals surface area (Å²) >= 11 is 0. The van der Waals surface area contributed by atoms with Crippen molar-refractivity contribution in [2.75, 3.05) is 5.73 Å². The highest BCUT2D eigenvalue weighted by Gasteiger charge is 2.24. The Morgan fingerprint density at radius 2 is 1.44 bits per heavy atom. The summed E-state index contributed by atoms with van der Waals surface area (Å²) in [4.78, 5) is -0.694. The number of rotatable bonds is 9. The third-order valence-electron chi connectivity index (χ3n) is 4.04. The predicted molar refractivity (Wildman–Crippen MR) is 126 cm³/mol. The number of fused-ring (bicyclic) bond motifs is 1. The molecule has 2 rings (SSSR count). The molecule has 0 bridgehead atoms. The van der Waals surface area contributed by atoms with Crippen molar-refractivity contribution in [3.63, 3.8) is 0 Å². The number of nitrogens with two attached hydrogens (primary N) is 1. The van der Waals surface area contributed by atoms with Crippen molar-refractivity contribution in [3.8, 4) is 5.75 Å². The fourth-order valence-corrected chi connectivity index (χ4v) is 3.22. The number of benzene rings is 2. The van der Waals surface area contributed by atoms with Crippen molar-refractivity contribution in [3.05, 3.63) is 92.4 Å². The highest BCUT2D eigenvalue weighted by Crippen LogP contribution is 2.45. The van der Waals surface area contributed by atoms with Crippen LogP contribution < -0.4 is 5.73 Å². The maximum absolute atomic E-state index is 12.1. The monoisotopic (exact) mass is 451 g/mol. The maximum Gasteiger partial charge on any atom is 0.296 e. The molecule has 0 aliphatic rings. The number of hydrogen-bond donors (Lipinski definition) is 3. The summed E-state index contributed by atoms with van der Waals surface area (Å²) in [5.74, 6) is -0.553. The molecule has 0 fully saturated rings. The summed E-state index contributed by atoms with van der Waals surface area (Å²) in [6, 6.07) is 3.99. The van der Waals surface area contributed by atoms with Crippen molar-refractivity contribution in [1.29, 1.82) is 0 Å². The first-order valence-corrected chi connectivity index (χ1v) is 10.4. The van der Waals surface area contributed by atoms with Crippen molar-refractivity contribution in [2.24, 2.45) is 20.5 Å². The van der Waals surface area contributed by atoms with Gasteiger partial charge < -0.3 is 10.8 Å². The molecule has 0 aliphatic heterocycles. The molecule has 0 saturated heterocycles. The Labute approximate surface area is 185 Å². The lowest BCUT2D eigenvalue weighted by molar-refractivity contribution is 0.472. The van der Waals surface area contributed by atoms with Crippen LogP contribution in [0.4, 0.5) is 17.1 Å². The molecule has 0 radical (unpaired) electrons. The Morgan fingerprint density at radius 1 is 0.906 bits per heavy atom. The van der Waals surface area contributed by atoms with Crippen molar-refractivity contribution < 1.29 is 18.1 Å². The number of azo groups is 2. The van der Waals surface area contributed by atoms with Crippen LogP contribution >= 0.6 is 0 Å². The Balaban J connectivity index is 2.89. The van der Waals surface area contributed by atoms with Gasteiger partial charge in [-0.2, -0.15) is 18.6 Å². The Bertz CT molecular complexity index is 1340. The quantitative estimate of drug-likeness (QED) is 0.183. The Hall–Kier alpha value is -4.15. The van der Waals surface area contributed by atoms with Gasteiger partial charge in [0, 0.05) is 10.8 Å². The SMILES string of the molecule is C=C/C=C(\C=C)N=Nc1c(S(=O)(=O)O)cc2c(N=N/C(C=C)=C/C=C)c(N)ccc2c1O. The number of aromatic hydroxyl groups is 1. The number of nitrogen functional groups attached to an aromatic ring is 1. The minimum Gasteiger partial charge on any atom is -0.505 e. The number of allylic oxidation sites excluding steroid dienone is 6. The molecule has 0 atom stereocenters. The van der Waals surface area contributed by atoms with E-state index < -0.39 is 26.5 Å². The van der Waals surface area contributed by atoms with Gasteiger partial charge in [-0.3, -0.25) is 4.55 Å². The van der Waals surface area contributed by atoms with Gasteiger partial charge in [-0.25, -0.2) is 0 Å². The predicted octanol–water partition coefficient (Wildman–Crippen LogP) is 6.05. The Kier molecular flexibility index (Phi) is 7.72. The van der Waals surface area contributed by atoms with Gasteiger partial charge in [0.05, 0.1) is 17.1 Å². The molecule has 0 aromatic heterocycles. The highest BCUT2D eigenvalue weighted by atomic mass is 32.2. The molecule has 0 saturated carbocycles. The molecule has 164 valence electrons. The minimum atomic E-state index is -4.82. The third-order valence-corrected chi connectivity index (χ3v) is 4.91. The molecule has 32 heavy (non-hydrogen) atoms. The third kappa shape index (κ3) is 5.31. The lowest BCUT2D eigenvalue weighted by Crippen LogP contribution is -1.99. The lowest BCUT2D eigenvalue weighted by Gasteiger charge is -2.11. The standard InChI is InChI=1S/C22H21N5O4S/c1-5-9-14(7-3)24-26-20-17-13-19(32(29,30)31)21(27-25-15(8-4)10-6-2)22(28)16(17)11-12-18(20)23/h5-13,28H,1-4,23H2,(H,29,30,31)/b14-9+,15-10+,26-24?,27-25?. The van der Waals surface area contributed by atoms with Crippen LogP contribution in [-0.2, 0) is 10.1 Å². The van der Waals surface area contributed by atoms with Gasteiger partial charge in [0.2, 0.25) is 0 Å². The van der Waals surface area contributed by atoms with E-state index in [4.69, 9.17) is 5.73 Å². The number of anilines is 1.